The van der Waals surface area contributed by atoms with Gasteiger partial charge in [0.1, 0.15) is 12.6 Å². The van der Waals surface area contributed by atoms with E-state index in [1.54, 1.807) is 24.3 Å². The molecule has 0 spiro atoms. The van der Waals surface area contributed by atoms with Crippen molar-refractivity contribution in [3.05, 3.63) is 35.9 Å². The topological polar surface area (TPSA) is 105 Å². The summed E-state index contributed by atoms with van der Waals surface area (Å²) in [5.74, 6) is -2.30. The quantitative estimate of drug-likeness (QED) is 0.646. The number of rotatable bonds is 6. The number of nitrogens with one attached hydrogen (secondary N) is 2. The standard InChI is InChI=1S/C12H13BN2O5/c13-11(18)15-9(10(16)17)6-14-12(19)20-7-8-4-2-1-3-5-8/h1-5,9H,6-7H2,(H,14,19)(H,15,18)(H,16,17)/t9-/m0/s1. The van der Waals surface area contributed by atoms with E-state index in [9.17, 15) is 14.4 Å². The molecule has 1 aromatic carbocycles. The number of carbonyl (C=O) groups excluding carboxylic acids is 2. The van der Waals surface area contributed by atoms with Gasteiger partial charge in [-0.25, -0.2) is 9.59 Å². The zero-order valence-electron chi connectivity index (χ0n) is 10.5. The summed E-state index contributed by atoms with van der Waals surface area (Å²) in [5, 5.41) is 13.0. The number of carboxylic acids is 1. The van der Waals surface area contributed by atoms with E-state index in [-0.39, 0.29) is 13.2 Å². The van der Waals surface area contributed by atoms with Gasteiger partial charge in [0.05, 0.1) is 6.54 Å². The van der Waals surface area contributed by atoms with Crippen molar-refractivity contribution in [3.8, 4) is 0 Å². The van der Waals surface area contributed by atoms with Gasteiger partial charge in [-0.1, -0.05) is 30.3 Å². The fourth-order valence-corrected chi connectivity index (χ4v) is 1.33. The minimum atomic E-state index is -1.31. The molecule has 1 atom stereocenters. The first-order valence-corrected chi connectivity index (χ1v) is 5.72. The van der Waals surface area contributed by atoms with Crippen LogP contribution >= 0.6 is 0 Å². The van der Waals surface area contributed by atoms with Crippen molar-refractivity contribution < 1.29 is 24.2 Å². The average molecular weight is 276 g/mol. The van der Waals surface area contributed by atoms with E-state index < -0.39 is 23.9 Å². The lowest BCUT2D eigenvalue weighted by molar-refractivity contribution is -0.138. The van der Waals surface area contributed by atoms with E-state index in [1.165, 1.54) is 0 Å². The molecule has 20 heavy (non-hydrogen) atoms. The van der Waals surface area contributed by atoms with E-state index in [0.717, 1.165) is 5.56 Å². The van der Waals surface area contributed by atoms with E-state index in [2.05, 4.69) is 5.32 Å². The summed E-state index contributed by atoms with van der Waals surface area (Å²) in [6.07, 6.45) is -0.786. The van der Waals surface area contributed by atoms with Crippen molar-refractivity contribution >= 4 is 25.7 Å². The van der Waals surface area contributed by atoms with Crippen molar-refractivity contribution in [1.29, 1.82) is 0 Å². The molecule has 104 valence electrons. The zero-order chi connectivity index (χ0) is 15.0. The van der Waals surface area contributed by atoms with Crippen LogP contribution in [0, 0.1) is 0 Å². The first-order chi connectivity index (χ1) is 9.49. The molecule has 2 amide bonds. The molecule has 0 fully saturated rings. The van der Waals surface area contributed by atoms with Crippen LogP contribution in [0.4, 0.5) is 9.59 Å². The Balaban J connectivity index is 2.34. The Morgan fingerprint density at radius 3 is 2.45 bits per heavy atom. The Labute approximate surface area is 116 Å². The van der Waals surface area contributed by atoms with Crippen LogP contribution in [0.15, 0.2) is 30.3 Å². The largest absolute Gasteiger partial charge is 0.480 e. The van der Waals surface area contributed by atoms with Gasteiger partial charge in [-0.3, -0.25) is 4.79 Å². The minimum absolute atomic E-state index is 0.0632. The number of hydrogen-bond donors (Lipinski definition) is 3. The Morgan fingerprint density at radius 1 is 1.25 bits per heavy atom. The molecule has 0 aromatic heterocycles. The van der Waals surface area contributed by atoms with E-state index in [1.807, 2.05) is 11.4 Å². The SMILES string of the molecule is [B]C(=O)N[C@@H](CNC(=O)OCc1ccccc1)C(=O)O. The highest BCUT2D eigenvalue weighted by Gasteiger charge is 2.19. The summed E-state index contributed by atoms with van der Waals surface area (Å²) >= 11 is 0. The number of aliphatic carboxylic acids is 1. The second-order valence-corrected chi connectivity index (χ2v) is 3.84. The second-order valence-electron chi connectivity index (χ2n) is 3.84. The molecule has 1 rings (SSSR count). The molecule has 0 aliphatic carbocycles. The molecular formula is C12H13BN2O5. The normalized spacial score (nSPS) is 11.2. The number of carbonyl (C=O) groups is 3. The smallest absolute Gasteiger partial charge is 0.407 e. The molecule has 0 bridgehead atoms. The molecular weight excluding hydrogens is 263 g/mol. The van der Waals surface area contributed by atoms with Gasteiger partial charge in [0, 0.05) is 0 Å². The first-order valence-electron chi connectivity index (χ1n) is 5.72. The monoisotopic (exact) mass is 276 g/mol. The van der Waals surface area contributed by atoms with Crippen LogP contribution in [-0.4, -0.2) is 43.4 Å². The van der Waals surface area contributed by atoms with Gasteiger partial charge < -0.3 is 20.5 Å². The predicted molar refractivity (Wildman–Crippen MR) is 70.3 cm³/mol. The van der Waals surface area contributed by atoms with Crippen LogP contribution in [0.3, 0.4) is 0 Å². The van der Waals surface area contributed by atoms with Crippen LogP contribution in [0.2, 0.25) is 0 Å². The molecule has 0 saturated heterocycles. The summed E-state index contributed by atoms with van der Waals surface area (Å²) in [7, 11) is 4.81. The molecule has 0 heterocycles. The molecule has 0 aliphatic rings. The fourth-order valence-electron chi connectivity index (χ4n) is 1.33. The lowest BCUT2D eigenvalue weighted by Crippen LogP contribution is -2.48. The summed E-state index contributed by atoms with van der Waals surface area (Å²) < 4.78 is 4.88. The van der Waals surface area contributed by atoms with Crippen LogP contribution in [0.25, 0.3) is 0 Å². The summed E-state index contributed by atoms with van der Waals surface area (Å²) in [6, 6.07) is 7.68. The maximum Gasteiger partial charge on any atom is 0.407 e. The summed E-state index contributed by atoms with van der Waals surface area (Å²) in [6.45, 7) is -0.264. The van der Waals surface area contributed by atoms with Crippen LogP contribution in [-0.2, 0) is 16.1 Å². The van der Waals surface area contributed by atoms with Crippen LogP contribution in [0.1, 0.15) is 5.56 Å². The van der Waals surface area contributed by atoms with Crippen molar-refractivity contribution in [2.45, 2.75) is 12.6 Å². The Bertz CT molecular complexity index is 480. The zero-order valence-corrected chi connectivity index (χ0v) is 10.5. The summed E-state index contributed by atoms with van der Waals surface area (Å²) in [5.41, 5.74) is 0.799. The lowest BCUT2D eigenvalue weighted by Gasteiger charge is -2.14. The van der Waals surface area contributed by atoms with E-state index >= 15 is 0 Å². The highest BCUT2D eigenvalue weighted by Crippen LogP contribution is 2.00. The maximum atomic E-state index is 11.4. The minimum Gasteiger partial charge on any atom is -0.480 e. The summed E-state index contributed by atoms with van der Waals surface area (Å²) in [4.78, 5) is 32.7. The third-order valence-corrected chi connectivity index (χ3v) is 2.28. The number of alkyl carbamates (subject to hydrolysis) is 1. The van der Waals surface area contributed by atoms with Crippen molar-refractivity contribution in [1.82, 2.24) is 10.6 Å². The Kier molecular flexibility index (Phi) is 6.09. The van der Waals surface area contributed by atoms with Crippen molar-refractivity contribution in [3.63, 3.8) is 0 Å². The van der Waals surface area contributed by atoms with Crippen molar-refractivity contribution in [2.24, 2.45) is 0 Å². The van der Waals surface area contributed by atoms with Crippen LogP contribution < -0.4 is 10.6 Å². The molecule has 3 N–H and O–H groups in total. The maximum absolute atomic E-state index is 11.4. The van der Waals surface area contributed by atoms with Crippen LogP contribution in [0.5, 0.6) is 0 Å². The number of hydrogen-bond acceptors (Lipinski definition) is 4. The van der Waals surface area contributed by atoms with Gasteiger partial charge in [-0.15, -0.1) is 0 Å². The first kappa shape index (κ1) is 15.6. The molecule has 2 radical (unpaired) electrons. The third-order valence-electron chi connectivity index (χ3n) is 2.28. The Hall–Kier alpha value is -2.51. The van der Waals surface area contributed by atoms with Gasteiger partial charge in [0.2, 0.25) is 7.85 Å². The second kappa shape index (κ2) is 7.83. The molecule has 0 unspecified atom stereocenters. The van der Waals surface area contributed by atoms with E-state index in [0.29, 0.717) is 0 Å². The molecule has 7 nitrogen and oxygen atoms in total. The van der Waals surface area contributed by atoms with Gasteiger partial charge in [-0.05, 0) is 5.56 Å². The van der Waals surface area contributed by atoms with Gasteiger partial charge >= 0.3 is 12.1 Å². The number of amides is 2. The van der Waals surface area contributed by atoms with Crippen molar-refractivity contribution in [2.75, 3.05) is 6.54 Å². The highest BCUT2D eigenvalue weighted by molar-refractivity contribution is 6.57. The molecule has 8 heteroatoms. The third kappa shape index (κ3) is 5.90. The number of ether oxygens (including phenoxy) is 1. The van der Waals surface area contributed by atoms with E-state index in [4.69, 9.17) is 17.7 Å². The highest BCUT2D eigenvalue weighted by atomic mass is 16.5. The van der Waals surface area contributed by atoms with Gasteiger partial charge in [0.15, 0.2) is 5.81 Å². The molecule has 1 aromatic rings. The lowest BCUT2D eigenvalue weighted by atomic mass is 10.1. The molecule has 0 aliphatic heterocycles. The Morgan fingerprint density at radius 2 is 1.90 bits per heavy atom. The number of carboxylic acid groups (broad SMARTS) is 1. The predicted octanol–water partition coefficient (Wildman–Crippen LogP) is 0.244. The fraction of sp³-hybridized carbons (Fsp3) is 0.250. The average Bonchev–Trinajstić information content (AvgIpc) is 2.41. The molecule has 0 saturated carbocycles. The van der Waals surface area contributed by atoms with Gasteiger partial charge in [-0.2, -0.15) is 0 Å². The number of benzene rings is 1. The van der Waals surface area contributed by atoms with Gasteiger partial charge in [0.25, 0.3) is 0 Å².